The summed E-state index contributed by atoms with van der Waals surface area (Å²) in [5.74, 6) is 2.47. The number of nitrogens with one attached hydrogen (secondary N) is 1. The maximum atomic E-state index is 12.3. The Labute approximate surface area is 143 Å². The number of H-pyrrole nitrogens is 1. The average molecular weight is 329 g/mol. The fourth-order valence-electron chi connectivity index (χ4n) is 5.06. The molecule has 3 aliphatic rings. The van der Waals surface area contributed by atoms with Crippen LogP contribution in [0.2, 0.25) is 0 Å². The zero-order chi connectivity index (χ0) is 16.7. The highest BCUT2D eigenvalue weighted by Gasteiger charge is 2.50. The van der Waals surface area contributed by atoms with Gasteiger partial charge in [0.2, 0.25) is 0 Å². The molecule has 4 atom stereocenters. The van der Waals surface area contributed by atoms with Crippen molar-refractivity contribution in [1.29, 1.82) is 0 Å². The van der Waals surface area contributed by atoms with Crippen molar-refractivity contribution >= 4 is 11.5 Å². The van der Waals surface area contributed by atoms with Crippen molar-refractivity contribution in [2.45, 2.75) is 39.5 Å². The van der Waals surface area contributed by atoms with Gasteiger partial charge in [-0.15, -0.1) is 0 Å². The van der Waals surface area contributed by atoms with Crippen LogP contribution in [0.15, 0.2) is 23.4 Å². The van der Waals surface area contributed by atoms with Crippen LogP contribution < -0.4 is 0 Å². The molecule has 130 valence electrons. The molecule has 5 nitrogen and oxygen atoms in total. The lowest BCUT2D eigenvalue weighted by Crippen LogP contribution is -2.40. The predicted octanol–water partition coefficient (Wildman–Crippen LogP) is 3.31. The van der Waals surface area contributed by atoms with Crippen LogP contribution in [0.5, 0.6) is 0 Å². The lowest BCUT2D eigenvalue weighted by Gasteiger charge is -2.39. The highest BCUT2D eigenvalue weighted by atomic mass is 16.5. The van der Waals surface area contributed by atoms with Crippen LogP contribution in [0.4, 0.5) is 0 Å². The molecule has 1 aliphatic heterocycles. The quantitative estimate of drug-likeness (QED) is 0.862. The van der Waals surface area contributed by atoms with Gasteiger partial charge in [0, 0.05) is 17.3 Å². The SMILES string of the molecule is CC1=NN(CC(=O)c2ccc[nH]2)COCC1(C)[C@H]1CC2CCC1C2. The molecule has 3 unspecified atom stereocenters. The van der Waals surface area contributed by atoms with Gasteiger partial charge in [-0.05, 0) is 56.1 Å². The number of hydrazone groups is 1. The second kappa shape index (κ2) is 6.03. The summed E-state index contributed by atoms with van der Waals surface area (Å²) in [4.78, 5) is 15.3. The van der Waals surface area contributed by atoms with E-state index in [4.69, 9.17) is 9.84 Å². The van der Waals surface area contributed by atoms with Crippen LogP contribution in [0.25, 0.3) is 0 Å². The number of Topliss-reactive ketones (excluding diaryl/α,β-unsaturated/α-hetero) is 1. The van der Waals surface area contributed by atoms with E-state index in [1.807, 2.05) is 6.07 Å². The molecule has 5 heteroatoms. The normalized spacial score (nSPS) is 35.8. The third-order valence-electron chi connectivity index (χ3n) is 6.54. The van der Waals surface area contributed by atoms with Crippen molar-refractivity contribution in [3.63, 3.8) is 0 Å². The number of rotatable bonds is 4. The van der Waals surface area contributed by atoms with Gasteiger partial charge in [0.25, 0.3) is 0 Å². The van der Waals surface area contributed by atoms with E-state index in [0.29, 0.717) is 24.9 Å². The highest BCUT2D eigenvalue weighted by Crippen LogP contribution is 2.55. The second-order valence-electron chi connectivity index (χ2n) is 8.03. The van der Waals surface area contributed by atoms with Crippen LogP contribution in [0.3, 0.4) is 0 Å². The standard InChI is InChI=1S/C19H27N3O2/c1-13-19(2,16-9-14-5-6-15(16)8-14)11-24-12-22(21-13)10-18(23)17-4-3-7-20-17/h3-4,7,14-16,20H,5-6,8-12H2,1-2H3/t14?,15?,16-,19?/m0/s1. The maximum absolute atomic E-state index is 12.3. The largest absolute Gasteiger partial charge is 0.359 e. The Morgan fingerprint density at radius 2 is 2.33 bits per heavy atom. The Balaban J connectivity index is 1.50. The fraction of sp³-hybridized carbons (Fsp3) is 0.684. The number of nitrogens with zero attached hydrogens (tertiary/aromatic N) is 2. The van der Waals surface area contributed by atoms with E-state index < -0.39 is 0 Å². The second-order valence-corrected chi connectivity index (χ2v) is 8.03. The van der Waals surface area contributed by atoms with E-state index in [9.17, 15) is 4.79 Å². The van der Waals surface area contributed by atoms with Gasteiger partial charge >= 0.3 is 0 Å². The van der Waals surface area contributed by atoms with Crippen LogP contribution in [-0.4, -0.2) is 41.4 Å². The third-order valence-corrected chi connectivity index (χ3v) is 6.54. The van der Waals surface area contributed by atoms with Gasteiger partial charge in [-0.25, -0.2) is 0 Å². The van der Waals surface area contributed by atoms with Crippen molar-refractivity contribution in [3.05, 3.63) is 24.0 Å². The molecule has 0 aromatic carbocycles. The van der Waals surface area contributed by atoms with Crippen molar-refractivity contribution in [3.8, 4) is 0 Å². The molecule has 2 aliphatic carbocycles. The number of carbonyl (C=O) groups excluding carboxylic acids is 1. The summed E-state index contributed by atoms with van der Waals surface area (Å²) in [5, 5.41) is 6.57. The molecule has 0 saturated heterocycles. The van der Waals surface area contributed by atoms with Gasteiger partial charge in [0.15, 0.2) is 5.78 Å². The lowest BCUT2D eigenvalue weighted by molar-refractivity contribution is -0.00268. The fourth-order valence-corrected chi connectivity index (χ4v) is 5.06. The molecule has 0 spiro atoms. The number of fused-ring (bicyclic) bond motifs is 2. The Hall–Kier alpha value is -1.62. The number of aromatic nitrogens is 1. The first kappa shape index (κ1) is 15.9. The molecular formula is C19H27N3O2. The maximum Gasteiger partial charge on any atom is 0.200 e. The predicted molar refractivity (Wildman–Crippen MR) is 92.8 cm³/mol. The van der Waals surface area contributed by atoms with Crippen molar-refractivity contribution in [2.24, 2.45) is 28.3 Å². The molecule has 2 fully saturated rings. The molecule has 1 N–H and O–H groups in total. The Morgan fingerprint density at radius 3 is 3.00 bits per heavy atom. The van der Waals surface area contributed by atoms with Gasteiger partial charge in [-0.1, -0.05) is 13.3 Å². The zero-order valence-corrected chi connectivity index (χ0v) is 14.6. The van der Waals surface area contributed by atoms with Crippen LogP contribution in [-0.2, 0) is 4.74 Å². The molecular weight excluding hydrogens is 302 g/mol. The number of ketones is 1. The third kappa shape index (κ3) is 2.69. The monoisotopic (exact) mass is 329 g/mol. The summed E-state index contributed by atoms with van der Waals surface area (Å²) in [6.07, 6.45) is 7.26. The van der Waals surface area contributed by atoms with Gasteiger partial charge in [0.1, 0.15) is 13.3 Å². The molecule has 2 heterocycles. The van der Waals surface area contributed by atoms with Crippen molar-refractivity contribution in [1.82, 2.24) is 9.99 Å². The highest BCUT2D eigenvalue weighted by molar-refractivity contribution is 5.96. The van der Waals surface area contributed by atoms with E-state index >= 15 is 0 Å². The molecule has 1 aromatic heterocycles. The minimum atomic E-state index is 0.00403. The molecule has 4 rings (SSSR count). The summed E-state index contributed by atoms with van der Waals surface area (Å²) >= 11 is 0. The molecule has 24 heavy (non-hydrogen) atoms. The summed E-state index contributed by atoms with van der Waals surface area (Å²) in [6.45, 7) is 5.79. The number of hydrogen-bond acceptors (Lipinski definition) is 4. The van der Waals surface area contributed by atoms with E-state index in [1.165, 1.54) is 25.7 Å². The Morgan fingerprint density at radius 1 is 1.46 bits per heavy atom. The Kier molecular flexibility index (Phi) is 3.99. The smallest absolute Gasteiger partial charge is 0.200 e. The molecule has 2 saturated carbocycles. The molecule has 1 aromatic rings. The summed E-state index contributed by atoms with van der Waals surface area (Å²) < 4.78 is 5.98. The molecule has 2 bridgehead atoms. The van der Waals surface area contributed by atoms with E-state index in [-0.39, 0.29) is 17.7 Å². The van der Waals surface area contributed by atoms with Gasteiger partial charge in [-0.3, -0.25) is 9.80 Å². The minimum absolute atomic E-state index is 0.00403. The van der Waals surface area contributed by atoms with Crippen molar-refractivity contribution < 1.29 is 9.53 Å². The number of carbonyl (C=O) groups is 1. The Bertz CT molecular complexity index is 639. The summed E-state index contributed by atoms with van der Waals surface area (Å²) in [7, 11) is 0. The van der Waals surface area contributed by atoms with E-state index in [0.717, 1.165) is 17.5 Å². The zero-order valence-electron chi connectivity index (χ0n) is 14.6. The topological polar surface area (TPSA) is 57.7 Å². The molecule has 0 amide bonds. The van der Waals surface area contributed by atoms with Crippen LogP contribution >= 0.6 is 0 Å². The minimum Gasteiger partial charge on any atom is -0.359 e. The van der Waals surface area contributed by atoms with E-state index in [2.05, 4.69) is 18.8 Å². The number of ether oxygens (including phenoxy) is 1. The average Bonchev–Trinajstić information content (AvgIpc) is 3.30. The lowest BCUT2D eigenvalue weighted by atomic mass is 9.67. The first-order chi connectivity index (χ1) is 11.6. The van der Waals surface area contributed by atoms with Gasteiger partial charge in [-0.2, -0.15) is 5.10 Å². The van der Waals surface area contributed by atoms with E-state index in [1.54, 1.807) is 17.3 Å². The number of hydrogen-bond donors (Lipinski definition) is 1. The summed E-state index contributed by atoms with van der Waals surface area (Å²) in [6, 6.07) is 3.64. The van der Waals surface area contributed by atoms with Crippen molar-refractivity contribution in [2.75, 3.05) is 19.9 Å². The van der Waals surface area contributed by atoms with Crippen LogP contribution in [0, 0.1) is 23.2 Å². The summed E-state index contributed by atoms with van der Waals surface area (Å²) in [5.41, 5.74) is 1.75. The van der Waals surface area contributed by atoms with Gasteiger partial charge < -0.3 is 9.72 Å². The van der Waals surface area contributed by atoms with Crippen LogP contribution in [0.1, 0.15) is 50.0 Å². The number of aromatic amines is 1. The first-order valence-corrected chi connectivity index (χ1v) is 9.11. The first-order valence-electron chi connectivity index (χ1n) is 9.11. The van der Waals surface area contributed by atoms with Gasteiger partial charge in [0.05, 0.1) is 12.3 Å². The molecule has 0 radical (unpaired) electrons.